The number of carbonyl (C=O) groups excluding carboxylic acids is 2. The van der Waals surface area contributed by atoms with Crippen LogP contribution < -0.4 is 5.32 Å². The third-order valence-electron chi connectivity index (χ3n) is 2.52. The fourth-order valence-electron chi connectivity index (χ4n) is 1.60. The normalized spacial score (nSPS) is 9.95. The van der Waals surface area contributed by atoms with Gasteiger partial charge in [0.1, 0.15) is 5.82 Å². The average Bonchev–Trinajstić information content (AvgIpc) is 2.91. The van der Waals surface area contributed by atoms with Crippen molar-refractivity contribution in [1.29, 1.82) is 0 Å². The number of likely N-dealkylation sites (N-methyl/N-ethyl adjacent to an activating group) is 1. The highest BCUT2D eigenvalue weighted by molar-refractivity contribution is 5.98. The van der Waals surface area contributed by atoms with Crippen molar-refractivity contribution in [3.8, 4) is 0 Å². The van der Waals surface area contributed by atoms with E-state index in [0.29, 0.717) is 11.4 Å². The summed E-state index contributed by atoms with van der Waals surface area (Å²) < 4.78 is 0. The molecule has 0 aliphatic rings. The van der Waals surface area contributed by atoms with Gasteiger partial charge in [0.15, 0.2) is 0 Å². The molecular weight excluding hydrogens is 244 g/mol. The molecule has 6 nitrogen and oxygen atoms in total. The van der Waals surface area contributed by atoms with E-state index in [-0.39, 0.29) is 18.4 Å². The number of amides is 2. The van der Waals surface area contributed by atoms with Gasteiger partial charge in [-0.25, -0.2) is 0 Å². The lowest BCUT2D eigenvalue weighted by molar-refractivity contribution is -0.116. The van der Waals surface area contributed by atoms with Crippen LogP contribution in [0.1, 0.15) is 10.4 Å². The summed E-state index contributed by atoms with van der Waals surface area (Å²) in [5.41, 5.74) is 0.555. The highest BCUT2D eigenvalue weighted by Crippen LogP contribution is 2.04. The first kappa shape index (κ1) is 12.8. The number of anilines is 1. The van der Waals surface area contributed by atoms with Crippen molar-refractivity contribution in [3.05, 3.63) is 48.2 Å². The van der Waals surface area contributed by atoms with Gasteiger partial charge >= 0.3 is 0 Å². The Labute approximate surface area is 110 Å². The number of hydrogen-bond donors (Lipinski definition) is 2. The third-order valence-corrected chi connectivity index (χ3v) is 2.52. The molecule has 19 heavy (non-hydrogen) atoms. The standard InChI is InChI=1S/C13H14N4O2/c1-17(13(19)10-5-3-2-4-6-10)9-12(18)15-11-7-8-14-16-11/h2-8H,9H2,1H3,(H2,14,15,16,18). The summed E-state index contributed by atoms with van der Waals surface area (Å²) in [4.78, 5) is 25.1. The highest BCUT2D eigenvalue weighted by Gasteiger charge is 2.14. The molecule has 98 valence electrons. The van der Waals surface area contributed by atoms with Crippen molar-refractivity contribution >= 4 is 17.6 Å². The van der Waals surface area contributed by atoms with E-state index in [1.54, 1.807) is 37.4 Å². The van der Waals surface area contributed by atoms with Crippen LogP contribution >= 0.6 is 0 Å². The third kappa shape index (κ3) is 3.41. The summed E-state index contributed by atoms with van der Waals surface area (Å²) in [5.74, 6) is 0.0296. The molecule has 1 aromatic heterocycles. The van der Waals surface area contributed by atoms with Crippen LogP contribution in [0.5, 0.6) is 0 Å². The number of aromatic amines is 1. The van der Waals surface area contributed by atoms with Gasteiger partial charge in [0, 0.05) is 18.7 Å². The van der Waals surface area contributed by atoms with Crippen LogP contribution in [0.3, 0.4) is 0 Å². The molecule has 0 fully saturated rings. The van der Waals surface area contributed by atoms with Crippen LogP contribution in [-0.4, -0.2) is 40.5 Å². The summed E-state index contributed by atoms with van der Waals surface area (Å²) in [7, 11) is 1.59. The molecular formula is C13H14N4O2. The first-order valence-electron chi connectivity index (χ1n) is 5.76. The van der Waals surface area contributed by atoms with E-state index >= 15 is 0 Å². The van der Waals surface area contributed by atoms with Gasteiger partial charge in [-0.2, -0.15) is 5.10 Å². The number of H-pyrrole nitrogens is 1. The molecule has 2 rings (SSSR count). The minimum Gasteiger partial charge on any atom is -0.332 e. The van der Waals surface area contributed by atoms with Crippen LogP contribution in [0.4, 0.5) is 5.82 Å². The zero-order chi connectivity index (χ0) is 13.7. The van der Waals surface area contributed by atoms with E-state index in [1.165, 1.54) is 11.1 Å². The summed E-state index contributed by atoms with van der Waals surface area (Å²) >= 11 is 0. The Hall–Kier alpha value is -2.63. The van der Waals surface area contributed by atoms with E-state index < -0.39 is 0 Å². The monoisotopic (exact) mass is 258 g/mol. The fourth-order valence-corrected chi connectivity index (χ4v) is 1.60. The van der Waals surface area contributed by atoms with Gasteiger partial charge in [0.2, 0.25) is 5.91 Å². The molecule has 0 aliphatic carbocycles. The van der Waals surface area contributed by atoms with E-state index in [2.05, 4.69) is 15.5 Å². The van der Waals surface area contributed by atoms with Gasteiger partial charge in [-0.1, -0.05) is 18.2 Å². The Balaban J connectivity index is 1.92. The summed E-state index contributed by atoms with van der Waals surface area (Å²) in [6.45, 7) is -0.0211. The Bertz CT molecular complexity index is 551. The maximum Gasteiger partial charge on any atom is 0.254 e. The molecule has 0 aliphatic heterocycles. The van der Waals surface area contributed by atoms with Crippen LogP contribution in [0.15, 0.2) is 42.6 Å². The lowest BCUT2D eigenvalue weighted by Gasteiger charge is -2.16. The molecule has 6 heteroatoms. The van der Waals surface area contributed by atoms with Crippen LogP contribution in [0.25, 0.3) is 0 Å². The van der Waals surface area contributed by atoms with Crippen LogP contribution in [0.2, 0.25) is 0 Å². The molecule has 2 N–H and O–H groups in total. The fraction of sp³-hybridized carbons (Fsp3) is 0.154. The highest BCUT2D eigenvalue weighted by atomic mass is 16.2. The predicted octanol–water partition coefficient (Wildman–Crippen LogP) is 1.12. The number of nitrogens with zero attached hydrogens (tertiary/aromatic N) is 2. The molecule has 0 radical (unpaired) electrons. The molecule has 0 spiro atoms. The van der Waals surface area contributed by atoms with E-state index in [4.69, 9.17) is 0 Å². The van der Waals surface area contributed by atoms with Gasteiger partial charge in [-0.15, -0.1) is 0 Å². The van der Waals surface area contributed by atoms with E-state index in [1.807, 2.05) is 6.07 Å². The zero-order valence-electron chi connectivity index (χ0n) is 10.5. The summed E-state index contributed by atoms with van der Waals surface area (Å²) in [6, 6.07) is 10.5. The van der Waals surface area contributed by atoms with Crippen molar-refractivity contribution in [2.75, 3.05) is 18.9 Å². The smallest absolute Gasteiger partial charge is 0.254 e. The van der Waals surface area contributed by atoms with Crippen molar-refractivity contribution in [1.82, 2.24) is 15.1 Å². The lowest BCUT2D eigenvalue weighted by atomic mass is 10.2. The van der Waals surface area contributed by atoms with Gasteiger partial charge in [-0.3, -0.25) is 14.7 Å². The molecule has 0 saturated carbocycles. The Morgan fingerprint density at radius 2 is 2.00 bits per heavy atom. The number of benzene rings is 1. The van der Waals surface area contributed by atoms with Crippen molar-refractivity contribution in [2.24, 2.45) is 0 Å². The number of rotatable bonds is 4. The quantitative estimate of drug-likeness (QED) is 0.862. The Morgan fingerprint density at radius 3 is 2.63 bits per heavy atom. The molecule has 0 unspecified atom stereocenters. The van der Waals surface area contributed by atoms with Crippen molar-refractivity contribution < 1.29 is 9.59 Å². The summed E-state index contributed by atoms with van der Waals surface area (Å²) in [6.07, 6.45) is 1.54. The molecule has 1 aromatic carbocycles. The van der Waals surface area contributed by atoms with E-state index in [0.717, 1.165) is 0 Å². The van der Waals surface area contributed by atoms with Gasteiger partial charge in [0.25, 0.3) is 5.91 Å². The van der Waals surface area contributed by atoms with Crippen LogP contribution in [0, 0.1) is 0 Å². The average molecular weight is 258 g/mol. The zero-order valence-corrected chi connectivity index (χ0v) is 10.5. The molecule has 0 saturated heterocycles. The lowest BCUT2D eigenvalue weighted by Crippen LogP contribution is -2.34. The molecule has 2 amide bonds. The largest absolute Gasteiger partial charge is 0.332 e. The minimum atomic E-state index is -0.281. The second-order valence-electron chi connectivity index (χ2n) is 4.05. The number of aromatic nitrogens is 2. The summed E-state index contributed by atoms with van der Waals surface area (Å²) in [5, 5.41) is 8.94. The second-order valence-corrected chi connectivity index (χ2v) is 4.05. The second kappa shape index (κ2) is 5.81. The van der Waals surface area contributed by atoms with Gasteiger partial charge < -0.3 is 10.2 Å². The minimum absolute atomic E-state index is 0.0211. The topological polar surface area (TPSA) is 78.1 Å². The van der Waals surface area contributed by atoms with E-state index in [9.17, 15) is 9.59 Å². The van der Waals surface area contributed by atoms with Crippen LogP contribution in [-0.2, 0) is 4.79 Å². The van der Waals surface area contributed by atoms with Crippen molar-refractivity contribution in [2.45, 2.75) is 0 Å². The first-order valence-corrected chi connectivity index (χ1v) is 5.76. The Morgan fingerprint density at radius 1 is 1.26 bits per heavy atom. The molecule has 0 bridgehead atoms. The SMILES string of the molecule is CN(CC(=O)Nc1ccn[nH]1)C(=O)c1ccccc1. The predicted molar refractivity (Wildman–Crippen MR) is 70.6 cm³/mol. The van der Waals surface area contributed by atoms with Crippen molar-refractivity contribution in [3.63, 3.8) is 0 Å². The number of hydrogen-bond acceptors (Lipinski definition) is 3. The number of nitrogens with one attached hydrogen (secondary N) is 2. The Kier molecular flexibility index (Phi) is 3.92. The number of carbonyl (C=O) groups is 2. The van der Waals surface area contributed by atoms with Gasteiger partial charge in [-0.05, 0) is 12.1 Å². The molecule has 2 aromatic rings. The molecule has 0 atom stereocenters. The maximum absolute atomic E-state index is 12.0. The molecule has 1 heterocycles. The maximum atomic E-state index is 12.0. The van der Waals surface area contributed by atoms with Gasteiger partial charge in [0.05, 0.1) is 12.7 Å². The first-order chi connectivity index (χ1) is 9.16.